The van der Waals surface area contributed by atoms with Crippen molar-refractivity contribution >= 4 is 11.5 Å². The van der Waals surface area contributed by atoms with Gasteiger partial charge in [-0.3, -0.25) is 0 Å². The van der Waals surface area contributed by atoms with E-state index in [9.17, 15) is 0 Å². The smallest absolute Gasteiger partial charge is 0.223 e. The predicted octanol–water partition coefficient (Wildman–Crippen LogP) is 4.34. The van der Waals surface area contributed by atoms with E-state index in [0.717, 1.165) is 34.8 Å². The molecule has 0 unspecified atom stereocenters. The van der Waals surface area contributed by atoms with E-state index in [2.05, 4.69) is 36.3 Å². The van der Waals surface area contributed by atoms with E-state index in [0.29, 0.717) is 12.0 Å². The zero-order valence-electron chi connectivity index (χ0n) is 14.9. The van der Waals surface area contributed by atoms with Crippen LogP contribution in [0.5, 0.6) is 0 Å². The zero-order valence-corrected chi connectivity index (χ0v) is 14.9. The number of hydrogen-bond acceptors (Lipinski definition) is 4. The average Bonchev–Trinajstić information content (AvgIpc) is 3.21. The molecular formula is C20H25N5. The molecule has 1 aliphatic rings. The number of anilines is 1. The van der Waals surface area contributed by atoms with Crippen molar-refractivity contribution in [1.29, 1.82) is 0 Å². The Hall–Kier alpha value is -2.43. The third kappa shape index (κ3) is 3.36. The molecule has 0 amide bonds. The van der Waals surface area contributed by atoms with Gasteiger partial charge in [-0.2, -0.15) is 5.10 Å². The Morgan fingerprint density at radius 3 is 2.84 bits per heavy atom. The van der Waals surface area contributed by atoms with Crippen LogP contribution in [0.4, 0.5) is 5.95 Å². The van der Waals surface area contributed by atoms with Gasteiger partial charge in [-0.05, 0) is 43.4 Å². The van der Waals surface area contributed by atoms with Gasteiger partial charge in [-0.15, -0.1) is 0 Å². The molecule has 3 heterocycles. The van der Waals surface area contributed by atoms with Crippen LogP contribution in [0.1, 0.15) is 45.2 Å². The van der Waals surface area contributed by atoms with Crippen molar-refractivity contribution in [3.05, 3.63) is 42.4 Å². The summed E-state index contributed by atoms with van der Waals surface area (Å²) in [7, 11) is 0. The largest absolute Gasteiger partial charge is 0.351 e. The van der Waals surface area contributed by atoms with Crippen molar-refractivity contribution in [3.8, 4) is 11.3 Å². The lowest BCUT2D eigenvalue weighted by atomic mass is 10.0. The maximum atomic E-state index is 4.82. The second-order valence-electron chi connectivity index (χ2n) is 7.34. The van der Waals surface area contributed by atoms with Crippen LogP contribution in [0.15, 0.2) is 36.7 Å². The van der Waals surface area contributed by atoms with Crippen molar-refractivity contribution in [2.24, 2.45) is 5.92 Å². The molecule has 25 heavy (non-hydrogen) atoms. The molecule has 1 aliphatic carbocycles. The maximum absolute atomic E-state index is 4.82. The minimum absolute atomic E-state index is 0.509. The first-order valence-corrected chi connectivity index (χ1v) is 9.27. The van der Waals surface area contributed by atoms with E-state index >= 15 is 0 Å². The number of nitrogens with one attached hydrogen (secondary N) is 1. The fraction of sp³-hybridized carbons (Fsp3) is 0.450. The molecule has 130 valence electrons. The summed E-state index contributed by atoms with van der Waals surface area (Å²) in [5.41, 5.74) is 4.29. The van der Waals surface area contributed by atoms with Crippen LogP contribution in [0.2, 0.25) is 0 Å². The Balaban J connectivity index is 1.75. The molecule has 3 aromatic rings. The summed E-state index contributed by atoms with van der Waals surface area (Å²) in [4.78, 5) is 9.26. The summed E-state index contributed by atoms with van der Waals surface area (Å²) in [6.45, 7) is 4.45. The Morgan fingerprint density at radius 2 is 2.04 bits per heavy atom. The minimum atomic E-state index is 0.509. The van der Waals surface area contributed by atoms with Crippen LogP contribution in [0.3, 0.4) is 0 Å². The van der Waals surface area contributed by atoms with Crippen LogP contribution >= 0.6 is 0 Å². The SMILES string of the molecule is CC(C)Cc1nn2ccccc2c1-c1ccnc(NC2CCCC2)n1. The van der Waals surface area contributed by atoms with Crippen LogP contribution in [0.25, 0.3) is 16.8 Å². The molecule has 1 N–H and O–H groups in total. The van der Waals surface area contributed by atoms with Gasteiger partial charge >= 0.3 is 0 Å². The molecule has 0 radical (unpaired) electrons. The highest BCUT2D eigenvalue weighted by Gasteiger charge is 2.19. The zero-order chi connectivity index (χ0) is 17.2. The van der Waals surface area contributed by atoms with Crippen LogP contribution in [-0.4, -0.2) is 25.6 Å². The van der Waals surface area contributed by atoms with Crippen LogP contribution < -0.4 is 5.32 Å². The molecule has 0 saturated heterocycles. The predicted molar refractivity (Wildman–Crippen MR) is 101 cm³/mol. The second kappa shape index (κ2) is 6.82. The number of aromatic nitrogens is 4. The normalized spacial score (nSPS) is 15.3. The first kappa shape index (κ1) is 16.1. The van der Waals surface area contributed by atoms with Gasteiger partial charge < -0.3 is 5.32 Å². The van der Waals surface area contributed by atoms with Gasteiger partial charge in [0.1, 0.15) is 0 Å². The lowest BCUT2D eigenvalue weighted by Gasteiger charge is -2.12. The summed E-state index contributed by atoms with van der Waals surface area (Å²) in [6.07, 6.45) is 9.80. The number of hydrogen-bond donors (Lipinski definition) is 1. The summed E-state index contributed by atoms with van der Waals surface area (Å²) >= 11 is 0. The third-order valence-corrected chi connectivity index (χ3v) is 4.81. The molecule has 5 nitrogen and oxygen atoms in total. The first-order chi connectivity index (χ1) is 12.2. The summed E-state index contributed by atoms with van der Waals surface area (Å²) in [5.74, 6) is 1.27. The number of rotatable bonds is 5. The molecule has 0 spiro atoms. The molecule has 5 heteroatoms. The molecular weight excluding hydrogens is 310 g/mol. The number of pyridine rings is 1. The van der Waals surface area contributed by atoms with Gasteiger partial charge in [0, 0.05) is 24.0 Å². The van der Waals surface area contributed by atoms with E-state index in [4.69, 9.17) is 10.1 Å². The third-order valence-electron chi connectivity index (χ3n) is 4.81. The van der Waals surface area contributed by atoms with Gasteiger partial charge in [0.25, 0.3) is 0 Å². The van der Waals surface area contributed by atoms with Crippen LogP contribution in [0, 0.1) is 5.92 Å². The van der Waals surface area contributed by atoms with Gasteiger partial charge in [0.05, 0.1) is 16.9 Å². The van der Waals surface area contributed by atoms with Gasteiger partial charge in [-0.25, -0.2) is 14.5 Å². The summed E-state index contributed by atoms with van der Waals surface area (Å²) in [5, 5.41) is 8.30. The highest BCUT2D eigenvalue weighted by atomic mass is 15.2. The molecule has 4 rings (SSSR count). The van der Waals surface area contributed by atoms with E-state index in [-0.39, 0.29) is 0 Å². The Labute approximate surface area is 148 Å². The van der Waals surface area contributed by atoms with E-state index in [1.165, 1.54) is 25.7 Å². The Bertz CT molecular complexity index is 861. The molecule has 0 aliphatic heterocycles. The Morgan fingerprint density at radius 1 is 1.20 bits per heavy atom. The fourth-order valence-electron chi connectivity index (χ4n) is 3.68. The van der Waals surface area contributed by atoms with Gasteiger partial charge in [0.2, 0.25) is 5.95 Å². The van der Waals surface area contributed by atoms with Crippen LogP contribution in [-0.2, 0) is 6.42 Å². The topological polar surface area (TPSA) is 55.1 Å². The second-order valence-corrected chi connectivity index (χ2v) is 7.34. The van der Waals surface area contributed by atoms with Crippen molar-refractivity contribution in [2.75, 3.05) is 5.32 Å². The van der Waals surface area contributed by atoms with E-state index < -0.39 is 0 Å². The number of fused-ring (bicyclic) bond motifs is 1. The van der Waals surface area contributed by atoms with Crippen molar-refractivity contribution in [2.45, 2.75) is 52.0 Å². The number of nitrogens with zero attached hydrogens (tertiary/aromatic N) is 4. The first-order valence-electron chi connectivity index (χ1n) is 9.27. The lowest BCUT2D eigenvalue weighted by molar-refractivity contribution is 0.631. The summed E-state index contributed by atoms with van der Waals surface area (Å²) < 4.78 is 1.96. The van der Waals surface area contributed by atoms with Gasteiger partial charge in [0.15, 0.2) is 0 Å². The lowest BCUT2D eigenvalue weighted by Crippen LogP contribution is -2.16. The van der Waals surface area contributed by atoms with Gasteiger partial charge in [-0.1, -0.05) is 32.8 Å². The quantitative estimate of drug-likeness (QED) is 0.753. The highest BCUT2D eigenvalue weighted by Crippen LogP contribution is 2.29. The highest BCUT2D eigenvalue weighted by molar-refractivity contribution is 5.80. The maximum Gasteiger partial charge on any atom is 0.223 e. The van der Waals surface area contributed by atoms with E-state index in [1.807, 2.05) is 29.0 Å². The fourth-order valence-corrected chi connectivity index (χ4v) is 3.68. The summed E-state index contributed by atoms with van der Waals surface area (Å²) in [6, 6.07) is 8.68. The molecule has 0 atom stereocenters. The van der Waals surface area contributed by atoms with Crippen molar-refractivity contribution in [3.63, 3.8) is 0 Å². The van der Waals surface area contributed by atoms with Crippen molar-refractivity contribution in [1.82, 2.24) is 19.6 Å². The molecule has 1 saturated carbocycles. The standard InChI is InChI=1S/C20H25N5/c1-14(2)13-17-19(18-9-5-6-12-25(18)24-17)16-10-11-21-20(23-16)22-15-7-3-4-8-15/h5-6,9-12,14-15H,3-4,7-8,13H2,1-2H3,(H,21,22,23). The molecule has 0 bridgehead atoms. The molecule has 1 fully saturated rings. The van der Waals surface area contributed by atoms with E-state index in [1.54, 1.807) is 0 Å². The minimum Gasteiger partial charge on any atom is -0.351 e. The monoisotopic (exact) mass is 335 g/mol. The Kier molecular flexibility index (Phi) is 4.38. The van der Waals surface area contributed by atoms with Crippen molar-refractivity contribution < 1.29 is 0 Å². The average molecular weight is 335 g/mol. The molecule has 3 aromatic heterocycles. The molecule has 0 aromatic carbocycles.